The number of imidazole rings is 1. The number of hydrogen-bond acceptors (Lipinski definition) is 7. The Kier molecular flexibility index (Phi) is 8.40. The average Bonchev–Trinajstić information content (AvgIpc) is 3.12. The van der Waals surface area contributed by atoms with Gasteiger partial charge in [0.2, 0.25) is 5.91 Å². The van der Waals surface area contributed by atoms with Crippen LogP contribution in [0.25, 0.3) is 21.9 Å². The molecule has 1 amide bonds. The predicted molar refractivity (Wildman–Crippen MR) is 141 cm³/mol. The average molecular weight is 501 g/mol. The number of nitrogens with one attached hydrogen (secondary N) is 1. The largest absolute Gasteiger partial charge is 0.389 e. The molecule has 2 heterocycles. The van der Waals surface area contributed by atoms with Crippen molar-refractivity contribution in [2.24, 2.45) is 0 Å². The van der Waals surface area contributed by atoms with E-state index < -0.39 is 16.8 Å². The summed E-state index contributed by atoms with van der Waals surface area (Å²) in [5.74, 6) is 0.822. The van der Waals surface area contributed by atoms with Gasteiger partial charge in [0.05, 0.1) is 41.0 Å². The lowest BCUT2D eigenvalue weighted by atomic mass is 10.0. The second-order valence-corrected chi connectivity index (χ2v) is 11.1. The number of rotatable bonds is 12. The monoisotopic (exact) mass is 500 g/mol. The van der Waals surface area contributed by atoms with Gasteiger partial charge < -0.3 is 29.6 Å². The van der Waals surface area contributed by atoms with Crippen molar-refractivity contribution < 1.29 is 24.5 Å². The van der Waals surface area contributed by atoms with Gasteiger partial charge in [-0.15, -0.1) is 0 Å². The molecule has 0 fully saturated rings. The molecule has 0 aliphatic heterocycles. The van der Waals surface area contributed by atoms with Crippen LogP contribution < -0.4 is 5.32 Å². The van der Waals surface area contributed by atoms with Crippen LogP contribution in [-0.2, 0) is 27.4 Å². The molecule has 9 heteroatoms. The lowest BCUT2D eigenvalue weighted by Crippen LogP contribution is -2.35. The van der Waals surface area contributed by atoms with Crippen LogP contribution in [0.3, 0.4) is 0 Å². The number of pyridine rings is 1. The molecule has 0 aliphatic carbocycles. The van der Waals surface area contributed by atoms with Crippen molar-refractivity contribution in [1.29, 1.82) is 0 Å². The molecule has 0 radical (unpaired) electrons. The summed E-state index contributed by atoms with van der Waals surface area (Å²) in [5, 5.41) is 24.4. The number of ether oxygens (including phenoxy) is 2. The zero-order valence-corrected chi connectivity index (χ0v) is 22.5. The Morgan fingerprint density at radius 2 is 1.75 bits per heavy atom. The van der Waals surface area contributed by atoms with E-state index in [2.05, 4.69) is 5.32 Å². The first-order valence-electron chi connectivity index (χ1n) is 12.4. The highest BCUT2D eigenvalue weighted by atomic mass is 16.5. The van der Waals surface area contributed by atoms with Crippen LogP contribution in [0.5, 0.6) is 0 Å². The molecule has 9 nitrogen and oxygen atoms in total. The fraction of sp³-hybridized carbons (Fsp3) is 0.593. The zero-order chi connectivity index (χ0) is 26.7. The van der Waals surface area contributed by atoms with E-state index in [0.29, 0.717) is 42.2 Å². The van der Waals surface area contributed by atoms with Crippen LogP contribution in [0.2, 0.25) is 0 Å². The van der Waals surface area contributed by atoms with E-state index in [9.17, 15) is 15.0 Å². The highest BCUT2D eigenvalue weighted by Crippen LogP contribution is 2.32. The van der Waals surface area contributed by atoms with Crippen LogP contribution in [0.4, 0.5) is 5.82 Å². The minimum atomic E-state index is -0.989. The number of nitrogens with zero attached hydrogens (tertiary/aromatic N) is 3. The third-order valence-electron chi connectivity index (χ3n) is 5.67. The summed E-state index contributed by atoms with van der Waals surface area (Å²) in [6.07, 6.45) is 0.680. The third kappa shape index (κ3) is 7.46. The van der Waals surface area contributed by atoms with Gasteiger partial charge >= 0.3 is 0 Å². The topological polar surface area (TPSA) is 119 Å². The van der Waals surface area contributed by atoms with Crippen molar-refractivity contribution in [2.75, 3.05) is 18.5 Å². The van der Waals surface area contributed by atoms with Crippen molar-refractivity contribution in [1.82, 2.24) is 14.5 Å². The zero-order valence-electron chi connectivity index (χ0n) is 22.5. The number of hydrogen-bond donors (Lipinski definition) is 3. The first-order chi connectivity index (χ1) is 16.7. The van der Waals surface area contributed by atoms with Crippen molar-refractivity contribution in [3.63, 3.8) is 0 Å². The maximum Gasteiger partial charge on any atom is 0.225 e. The fourth-order valence-corrected chi connectivity index (χ4v) is 3.88. The van der Waals surface area contributed by atoms with E-state index in [1.165, 1.54) is 0 Å². The third-order valence-corrected chi connectivity index (χ3v) is 5.67. The van der Waals surface area contributed by atoms with Crippen molar-refractivity contribution in [2.45, 2.75) is 91.3 Å². The Balaban J connectivity index is 1.96. The summed E-state index contributed by atoms with van der Waals surface area (Å²) in [7, 11) is 0. The van der Waals surface area contributed by atoms with E-state index in [4.69, 9.17) is 19.4 Å². The van der Waals surface area contributed by atoms with E-state index in [0.717, 1.165) is 10.9 Å². The highest BCUT2D eigenvalue weighted by molar-refractivity contribution is 6.09. The number of carbonyl (C=O) groups is 1. The van der Waals surface area contributed by atoms with E-state index in [1.807, 2.05) is 49.6 Å². The van der Waals surface area contributed by atoms with Gasteiger partial charge in [-0.05, 0) is 61.0 Å². The van der Waals surface area contributed by atoms with Crippen LogP contribution in [-0.4, -0.2) is 60.7 Å². The fourth-order valence-electron chi connectivity index (χ4n) is 3.88. The molecule has 198 valence electrons. The molecule has 3 aromatic rings. The maximum absolute atomic E-state index is 13.0. The summed E-state index contributed by atoms with van der Waals surface area (Å²) >= 11 is 0. The Hall–Kier alpha value is -2.59. The van der Waals surface area contributed by atoms with E-state index >= 15 is 0 Å². The highest BCUT2D eigenvalue weighted by Gasteiger charge is 2.26. The SMILES string of the molecule is CCOCc1nc2c(NC(=O)CCC(C)(C)OCC(C)(C)O)nc3ccccc3c2n1CC(C)(C)O. The molecule has 0 saturated heterocycles. The Labute approximate surface area is 212 Å². The molecule has 3 N–H and O–H groups in total. The Morgan fingerprint density at radius 3 is 2.39 bits per heavy atom. The van der Waals surface area contributed by atoms with Crippen LogP contribution >= 0.6 is 0 Å². The predicted octanol–water partition coefficient (Wildman–Crippen LogP) is 4.18. The van der Waals surface area contributed by atoms with Gasteiger partial charge in [-0.2, -0.15) is 0 Å². The molecule has 0 saturated carbocycles. The van der Waals surface area contributed by atoms with Gasteiger partial charge in [-0.1, -0.05) is 18.2 Å². The quantitative estimate of drug-likeness (QED) is 0.341. The van der Waals surface area contributed by atoms with Gasteiger partial charge in [-0.3, -0.25) is 4.79 Å². The molecule has 2 aromatic heterocycles. The summed E-state index contributed by atoms with van der Waals surface area (Å²) in [6, 6.07) is 7.68. The van der Waals surface area contributed by atoms with Crippen LogP contribution in [0.15, 0.2) is 24.3 Å². The molecule has 0 bridgehead atoms. The molecular formula is C27H40N4O5. The lowest BCUT2D eigenvalue weighted by Gasteiger charge is -2.29. The molecule has 0 spiro atoms. The van der Waals surface area contributed by atoms with Crippen molar-refractivity contribution in [3.05, 3.63) is 30.1 Å². The number of aliphatic hydroxyl groups is 2. The van der Waals surface area contributed by atoms with Gasteiger partial charge in [0.1, 0.15) is 17.9 Å². The number of benzene rings is 1. The smallest absolute Gasteiger partial charge is 0.225 e. The molecule has 1 aromatic carbocycles. The number of anilines is 1. The van der Waals surface area contributed by atoms with Gasteiger partial charge in [0.25, 0.3) is 0 Å². The number of aromatic nitrogens is 3. The number of para-hydroxylation sites is 1. The summed E-state index contributed by atoms with van der Waals surface area (Å²) < 4.78 is 13.4. The van der Waals surface area contributed by atoms with E-state index in [1.54, 1.807) is 27.7 Å². The lowest BCUT2D eigenvalue weighted by molar-refractivity contribution is -0.120. The second-order valence-electron chi connectivity index (χ2n) is 11.1. The van der Waals surface area contributed by atoms with Crippen LogP contribution in [0, 0.1) is 0 Å². The molecule has 3 rings (SSSR count). The Morgan fingerprint density at radius 1 is 1.06 bits per heavy atom. The molecule has 0 aliphatic rings. The molecular weight excluding hydrogens is 460 g/mol. The van der Waals surface area contributed by atoms with E-state index in [-0.39, 0.29) is 25.5 Å². The summed E-state index contributed by atoms with van der Waals surface area (Å²) in [6.45, 7) is 13.9. The van der Waals surface area contributed by atoms with Crippen molar-refractivity contribution in [3.8, 4) is 0 Å². The molecule has 0 atom stereocenters. The summed E-state index contributed by atoms with van der Waals surface area (Å²) in [5.41, 5.74) is -0.449. The molecule has 0 unspecified atom stereocenters. The molecule has 36 heavy (non-hydrogen) atoms. The van der Waals surface area contributed by atoms with Crippen molar-refractivity contribution >= 4 is 33.7 Å². The first-order valence-corrected chi connectivity index (χ1v) is 12.4. The maximum atomic E-state index is 13.0. The number of amides is 1. The minimum Gasteiger partial charge on any atom is -0.389 e. The van der Waals surface area contributed by atoms with Gasteiger partial charge in [0, 0.05) is 18.4 Å². The van der Waals surface area contributed by atoms with Gasteiger partial charge in [-0.25, -0.2) is 9.97 Å². The standard InChI is InChI=1S/C27H40N4O5/c1-8-35-15-20-29-22-23(31(20)16-25(2,3)33)18-11-9-10-12-19(18)28-24(22)30-21(32)13-14-27(6,7)36-17-26(4,5)34/h9-12,33-34H,8,13-17H2,1-7H3,(H,28,30,32). The minimum absolute atomic E-state index is 0.176. The van der Waals surface area contributed by atoms with Crippen LogP contribution in [0.1, 0.15) is 67.1 Å². The second kappa shape index (κ2) is 10.8. The van der Waals surface area contributed by atoms with Gasteiger partial charge in [0.15, 0.2) is 5.82 Å². The first kappa shape index (κ1) is 28.0. The number of fused-ring (bicyclic) bond motifs is 3. The summed E-state index contributed by atoms with van der Waals surface area (Å²) in [4.78, 5) is 22.5. The Bertz CT molecular complexity index is 1200. The normalized spacial score (nSPS) is 13.0. The number of carbonyl (C=O) groups excluding carboxylic acids is 1.